The Balaban J connectivity index is 2.34. The lowest BCUT2D eigenvalue weighted by Crippen LogP contribution is -1.72. The van der Waals surface area contributed by atoms with Crippen LogP contribution in [0.25, 0.3) is 0 Å². The van der Waals surface area contributed by atoms with Crippen LogP contribution in [0.1, 0.15) is 38.5 Å². The van der Waals surface area contributed by atoms with Crippen molar-refractivity contribution < 1.29 is 0 Å². The summed E-state index contributed by atoms with van der Waals surface area (Å²) >= 11 is 0. The molecule has 0 spiro atoms. The first-order valence-electron chi connectivity index (χ1n) is 5.52. The summed E-state index contributed by atoms with van der Waals surface area (Å²) in [5.74, 6) is 0. The minimum atomic E-state index is 1.05. The molecule has 0 N–H and O–H groups in total. The Labute approximate surface area is 87.7 Å². The Bertz CT molecular complexity index is 228. The van der Waals surface area contributed by atoms with Gasteiger partial charge in [-0.1, -0.05) is 42.5 Å². The number of hydrogen-bond acceptors (Lipinski definition) is 0. The summed E-state index contributed by atoms with van der Waals surface area (Å²) in [6.45, 7) is 0. The Kier molecular flexibility index (Phi) is 6.74. The molecular formula is C14H19. The zero-order chi connectivity index (χ0) is 9.90. The summed E-state index contributed by atoms with van der Waals surface area (Å²) in [4.78, 5) is 0. The number of hydrogen-bond donors (Lipinski definition) is 0. The molecule has 0 amide bonds. The van der Waals surface area contributed by atoms with Crippen LogP contribution < -0.4 is 0 Å². The van der Waals surface area contributed by atoms with Crippen LogP contribution in [0.2, 0.25) is 0 Å². The average Bonchev–Trinajstić information content (AvgIpc) is 2.22. The molecule has 0 heteroatoms. The van der Waals surface area contributed by atoms with Crippen LogP contribution in [0.5, 0.6) is 0 Å². The molecule has 0 aromatic carbocycles. The van der Waals surface area contributed by atoms with Crippen molar-refractivity contribution in [3.63, 3.8) is 0 Å². The summed E-state index contributed by atoms with van der Waals surface area (Å²) in [7, 11) is 0. The molecule has 0 saturated carbocycles. The summed E-state index contributed by atoms with van der Waals surface area (Å²) in [5, 5.41) is 0. The molecule has 0 aliphatic heterocycles. The van der Waals surface area contributed by atoms with Gasteiger partial charge in [0.15, 0.2) is 0 Å². The Morgan fingerprint density at radius 1 is 0.786 bits per heavy atom. The van der Waals surface area contributed by atoms with Gasteiger partial charge in [-0.15, -0.1) is 0 Å². The molecule has 0 bridgehead atoms. The molecular weight excluding hydrogens is 168 g/mol. The van der Waals surface area contributed by atoms with E-state index in [9.17, 15) is 0 Å². The van der Waals surface area contributed by atoms with Crippen molar-refractivity contribution in [2.24, 2.45) is 0 Å². The smallest absolute Gasteiger partial charge is 0.0166 e. The van der Waals surface area contributed by atoms with Gasteiger partial charge in [0.2, 0.25) is 0 Å². The molecule has 75 valence electrons. The summed E-state index contributed by atoms with van der Waals surface area (Å²) in [6.07, 6.45) is 25.5. The second kappa shape index (κ2) is 8.55. The van der Waals surface area contributed by atoms with Gasteiger partial charge in [0, 0.05) is 0 Å². The molecule has 0 atom stereocenters. The Morgan fingerprint density at radius 3 is 2.71 bits per heavy atom. The second-order valence-electron chi connectivity index (χ2n) is 3.44. The highest BCUT2D eigenvalue weighted by atomic mass is 13.9. The van der Waals surface area contributed by atoms with Gasteiger partial charge in [-0.3, -0.25) is 0 Å². The third kappa shape index (κ3) is 6.47. The zero-order valence-electron chi connectivity index (χ0n) is 8.78. The van der Waals surface area contributed by atoms with Gasteiger partial charge in [0.05, 0.1) is 0 Å². The van der Waals surface area contributed by atoms with Crippen LogP contribution in [0.15, 0.2) is 42.5 Å². The fourth-order valence-corrected chi connectivity index (χ4v) is 1.33. The van der Waals surface area contributed by atoms with E-state index in [0.29, 0.717) is 0 Å². The minimum absolute atomic E-state index is 1.05. The maximum Gasteiger partial charge on any atom is -0.0166 e. The highest BCUT2D eigenvalue weighted by Crippen LogP contribution is 2.01. The van der Waals surface area contributed by atoms with Gasteiger partial charge in [-0.05, 0) is 44.6 Å². The van der Waals surface area contributed by atoms with Crippen molar-refractivity contribution in [3.8, 4) is 0 Å². The predicted molar refractivity (Wildman–Crippen MR) is 62.9 cm³/mol. The third-order valence-corrected chi connectivity index (χ3v) is 2.14. The highest BCUT2D eigenvalue weighted by Gasteiger charge is 1.82. The Hall–Kier alpha value is -1.04. The maximum absolute atomic E-state index is 3.32. The van der Waals surface area contributed by atoms with Gasteiger partial charge in [0.25, 0.3) is 0 Å². The lowest BCUT2D eigenvalue weighted by Gasteiger charge is -1.91. The molecule has 1 rings (SSSR count). The first kappa shape index (κ1) is 11.0. The number of rotatable bonds is 0. The van der Waals surface area contributed by atoms with Crippen molar-refractivity contribution in [1.82, 2.24) is 0 Å². The van der Waals surface area contributed by atoms with Gasteiger partial charge < -0.3 is 0 Å². The first-order chi connectivity index (χ1) is 7.00. The van der Waals surface area contributed by atoms with E-state index >= 15 is 0 Å². The van der Waals surface area contributed by atoms with E-state index in [2.05, 4.69) is 48.6 Å². The van der Waals surface area contributed by atoms with E-state index in [1.807, 2.05) is 0 Å². The highest BCUT2D eigenvalue weighted by molar-refractivity contribution is 5.05. The molecule has 0 aromatic heterocycles. The van der Waals surface area contributed by atoms with Crippen LogP contribution >= 0.6 is 0 Å². The van der Waals surface area contributed by atoms with Gasteiger partial charge in [-0.2, -0.15) is 0 Å². The van der Waals surface area contributed by atoms with Crippen LogP contribution in [-0.4, -0.2) is 0 Å². The van der Waals surface area contributed by atoms with E-state index in [0.717, 1.165) is 25.7 Å². The summed E-state index contributed by atoms with van der Waals surface area (Å²) < 4.78 is 0. The van der Waals surface area contributed by atoms with E-state index in [1.165, 1.54) is 12.8 Å². The third-order valence-electron chi connectivity index (χ3n) is 2.14. The largest absolute Gasteiger partial charge is 0.0879 e. The van der Waals surface area contributed by atoms with Gasteiger partial charge in [-0.25, -0.2) is 0 Å². The molecule has 0 fully saturated rings. The van der Waals surface area contributed by atoms with Crippen molar-refractivity contribution in [2.45, 2.75) is 38.5 Å². The van der Waals surface area contributed by atoms with Crippen molar-refractivity contribution in [2.75, 3.05) is 0 Å². The quantitative estimate of drug-likeness (QED) is 0.494. The van der Waals surface area contributed by atoms with E-state index in [-0.39, 0.29) is 0 Å². The minimum Gasteiger partial charge on any atom is -0.0879 e. The fraction of sp³-hybridized carbons (Fsp3) is 0.429. The summed E-state index contributed by atoms with van der Waals surface area (Å²) in [5.41, 5.74) is 0. The molecule has 0 unspecified atom stereocenters. The molecule has 0 aromatic rings. The Morgan fingerprint density at radius 2 is 1.71 bits per heavy atom. The normalized spacial score (nSPS) is 28.6. The molecule has 0 nitrogen and oxygen atoms in total. The standard InChI is InChI=1S/C14H19/c1-2-4-6-8-10-12-14-13-11-9-7-5-3-1/h1-4,7,9,12H,5-6,8,10-11,13H2/b3-1+,4-2-,9-7+,14-12?. The van der Waals surface area contributed by atoms with Crippen molar-refractivity contribution in [3.05, 3.63) is 48.6 Å². The van der Waals surface area contributed by atoms with Crippen LogP contribution in [0.3, 0.4) is 0 Å². The second-order valence-corrected chi connectivity index (χ2v) is 3.44. The maximum atomic E-state index is 3.32. The lowest BCUT2D eigenvalue weighted by molar-refractivity contribution is 0.858. The first-order valence-corrected chi connectivity index (χ1v) is 5.52. The SMILES string of the molecule is [C]1=C/CCC/C=C\C=C\C/C=C/CC/1. The van der Waals surface area contributed by atoms with E-state index in [4.69, 9.17) is 0 Å². The van der Waals surface area contributed by atoms with Crippen LogP contribution in [0, 0.1) is 6.08 Å². The van der Waals surface area contributed by atoms with Gasteiger partial charge in [0.1, 0.15) is 0 Å². The molecule has 0 heterocycles. The summed E-state index contributed by atoms with van der Waals surface area (Å²) in [6, 6.07) is 0. The van der Waals surface area contributed by atoms with E-state index in [1.54, 1.807) is 0 Å². The van der Waals surface area contributed by atoms with Gasteiger partial charge >= 0.3 is 0 Å². The lowest BCUT2D eigenvalue weighted by atomic mass is 10.2. The van der Waals surface area contributed by atoms with Crippen molar-refractivity contribution in [1.29, 1.82) is 0 Å². The predicted octanol–water partition coefficient (Wildman–Crippen LogP) is 4.37. The molecule has 1 aliphatic rings. The molecule has 1 radical (unpaired) electrons. The van der Waals surface area contributed by atoms with Crippen molar-refractivity contribution >= 4 is 0 Å². The van der Waals surface area contributed by atoms with Crippen LogP contribution in [-0.2, 0) is 0 Å². The molecule has 14 heavy (non-hydrogen) atoms. The topological polar surface area (TPSA) is 0 Å². The van der Waals surface area contributed by atoms with E-state index < -0.39 is 0 Å². The monoisotopic (exact) mass is 187 g/mol. The molecule has 0 saturated heterocycles. The fourth-order valence-electron chi connectivity index (χ4n) is 1.33. The molecule has 1 aliphatic carbocycles. The number of allylic oxidation sites excluding steroid dienone is 8. The average molecular weight is 187 g/mol. The van der Waals surface area contributed by atoms with Crippen LogP contribution in [0.4, 0.5) is 0 Å². The zero-order valence-corrected chi connectivity index (χ0v) is 8.78.